The van der Waals surface area contributed by atoms with E-state index in [4.69, 9.17) is 10.2 Å². The lowest BCUT2D eigenvalue weighted by atomic mass is 10.1. The van der Waals surface area contributed by atoms with Gasteiger partial charge in [-0.1, -0.05) is 48.0 Å². The summed E-state index contributed by atoms with van der Waals surface area (Å²) >= 11 is 0. The van der Waals surface area contributed by atoms with Crippen LogP contribution in [0.1, 0.15) is 26.3 Å². The number of nitrogens with one attached hydrogen (secondary N) is 1. The van der Waals surface area contributed by atoms with Crippen molar-refractivity contribution in [1.82, 2.24) is 4.98 Å². The molecule has 0 saturated heterocycles. The Bertz CT molecular complexity index is 1230. The SMILES string of the molecule is Cc1ccc(-c2cnc(-c3ccccc3C(=O)Nc3cccc(C(N)=O)c3)o2)cc1. The molecule has 148 valence electrons. The molecule has 30 heavy (non-hydrogen) atoms. The van der Waals surface area contributed by atoms with Crippen LogP contribution in [0.25, 0.3) is 22.8 Å². The molecule has 6 nitrogen and oxygen atoms in total. The molecule has 0 bridgehead atoms. The van der Waals surface area contributed by atoms with Crippen LogP contribution in [0.4, 0.5) is 5.69 Å². The van der Waals surface area contributed by atoms with Crippen LogP contribution in [0, 0.1) is 6.92 Å². The third kappa shape index (κ3) is 3.98. The van der Waals surface area contributed by atoms with Gasteiger partial charge in [0.15, 0.2) is 5.76 Å². The molecule has 3 N–H and O–H groups in total. The summed E-state index contributed by atoms with van der Waals surface area (Å²) < 4.78 is 5.93. The average Bonchev–Trinajstić information content (AvgIpc) is 3.24. The number of aromatic nitrogens is 1. The van der Waals surface area contributed by atoms with Gasteiger partial charge in [0, 0.05) is 22.4 Å². The van der Waals surface area contributed by atoms with Gasteiger partial charge in [-0.25, -0.2) is 4.98 Å². The number of nitrogens with two attached hydrogens (primary N) is 1. The number of benzene rings is 3. The highest BCUT2D eigenvalue weighted by molar-refractivity contribution is 6.08. The van der Waals surface area contributed by atoms with Crippen molar-refractivity contribution in [3.05, 3.63) is 95.7 Å². The molecule has 1 aromatic heterocycles. The first-order chi connectivity index (χ1) is 14.5. The van der Waals surface area contributed by atoms with Crippen molar-refractivity contribution in [2.24, 2.45) is 5.73 Å². The molecule has 0 unspecified atom stereocenters. The number of hydrogen-bond acceptors (Lipinski definition) is 4. The molecule has 4 aromatic rings. The Morgan fingerprint density at radius 3 is 2.50 bits per heavy atom. The number of amides is 2. The Labute approximate surface area is 173 Å². The zero-order valence-electron chi connectivity index (χ0n) is 16.3. The number of primary amides is 1. The highest BCUT2D eigenvalue weighted by Crippen LogP contribution is 2.29. The maximum absolute atomic E-state index is 12.9. The fourth-order valence-corrected chi connectivity index (χ4v) is 3.07. The Kier molecular flexibility index (Phi) is 5.13. The zero-order valence-corrected chi connectivity index (χ0v) is 16.3. The first-order valence-electron chi connectivity index (χ1n) is 9.35. The quantitative estimate of drug-likeness (QED) is 0.511. The van der Waals surface area contributed by atoms with Gasteiger partial charge in [0.1, 0.15) is 0 Å². The van der Waals surface area contributed by atoms with E-state index in [1.807, 2.05) is 37.3 Å². The van der Waals surface area contributed by atoms with Crippen LogP contribution in [0.5, 0.6) is 0 Å². The Morgan fingerprint density at radius 1 is 0.967 bits per heavy atom. The number of aryl methyl sites for hydroxylation is 1. The van der Waals surface area contributed by atoms with Gasteiger partial charge in [-0.3, -0.25) is 9.59 Å². The van der Waals surface area contributed by atoms with Crippen molar-refractivity contribution in [3.8, 4) is 22.8 Å². The Balaban J connectivity index is 1.63. The van der Waals surface area contributed by atoms with E-state index in [-0.39, 0.29) is 5.91 Å². The summed E-state index contributed by atoms with van der Waals surface area (Å²) in [5.74, 6) is 0.0637. The van der Waals surface area contributed by atoms with Crippen LogP contribution in [0.15, 0.2) is 83.4 Å². The van der Waals surface area contributed by atoms with Crippen molar-refractivity contribution < 1.29 is 14.0 Å². The van der Waals surface area contributed by atoms with E-state index >= 15 is 0 Å². The van der Waals surface area contributed by atoms with Crippen molar-refractivity contribution in [1.29, 1.82) is 0 Å². The van der Waals surface area contributed by atoms with E-state index < -0.39 is 5.91 Å². The lowest BCUT2D eigenvalue weighted by Crippen LogP contribution is -2.15. The molecule has 0 aliphatic rings. The first-order valence-corrected chi connectivity index (χ1v) is 9.35. The summed E-state index contributed by atoms with van der Waals surface area (Å²) in [6.07, 6.45) is 1.64. The number of anilines is 1. The summed E-state index contributed by atoms with van der Waals surface area (Å²) in [6.45, 7) is 2.02. The number of rotatable bonds is 5. The molecule has 0 aliphatic carbocycles. The molecule has 2 amide bonds. The molecule has 4 rings (SSSR count). The monoisotopic (exact) mass is 397 g/mol. The van der Waals surface area contributed by atoms with E-state index in [1.165, 1.54) is 6.07 Å². The lowest BCUT2D eigenvalue weighted by Gasteiger charge is -2.09. The fourth-order valence-electron chi connectivity index (χ4n) is 3.07. The average molecular weight is 397 g/mol. The van der Waals surface area contributed by atoms with Gasteiger partial charge >= 0.3 is 0 Å². The molecule has 0 radical (unpaired) electrons. The van der Waals surface area contributed by atoms with E-state index in [0.29, 0.717) is 34.0 Å². The van der Waals surface area contributed by atoms with E-state index in [0.717, 1.165) is 11.1 Å². The predicted molar refractivity (Wildman–Crippen MR) is 115 cm³/mol. The number of carbonyl (C=O) groups excluding carboxylic acids is 2. The molecular formula is C24H19N3O3. The lowest BCUT2D eigenvalue weighted by molar-refractivity contribution is 0.0996. The van der Waals surface area contributed by atoms with Gasteiger partial charge < -0.3 is 15.5 Å². The summed E-state index contributed by atoms with van der Waals surface area (Å²) in [6, 6.07) is 21.4. The van der Waals surface area contributed by atoms with Gasteiger partial charge in [0.2, 0.25) is 11.8 Å². The second kappa shape index (κ2) is 8.05. The Hall–Kier alpha value is -4.19. The summed E-state index contributed by atoms with van der Waals surface area (Å²) in [5.41, 5.74) is 9.13. The largest absolute Gasteiger partial charge is 0.436 e. The van der Waals surface area contributed by atoms with Crippen LogP contribution in [-0.2, 0) is 0 Å². The van der Waals surface area contributed by atoms with E-state index in [2.05, 4.69) is 10.3 Å². The van der Waals surface area contributed by atoms with Crippen molar-refractivity contribution in [3.63, 3.8) is 0 Å². The van der Waals surface area contributed by atoms with Crippen LogP contribution in [0.2, 0.25) is 0 Å². The number of oxazole rings is 1. The van der Waals surface area contributed by atoms with Crippen molar-refractivity contribution >= 4 is 17.5 Å². The minimum Gasteiger partial charge on any atom is -0.436 e. The van der Waals surface area contributed by atoms with Crippen LogP contribution >= 0.6 is 0 Å². The summed E-state index contributed by atoms with van der Waals surface area (Å²) in [4.78, 5) is 28.6. The molecule has 0 atom stereocenters. The number of nitrogens with zero attached hydrogens (tertiary/aromatic N) is 1. The van der Waals surface area contributed by atoms with E-state index in [9.17, 15) is 9.59 Å². The molecule has 1 heterocycles. The Morgan fingerprint density at radius 2 is 1.73 bits per heavy atom. The number of hydrogen-bond donors (Lipinski definition) is 2. The minimum atomic E-state index is -0.560. The molecule has 6 heteroatoms. The van der Waals surface area contributed by atoms with Crippen LogP contribution < -0.4 is 11.1 Å². The zero-order chi connectivity index (χ0) is 21.1. The molecule has 3 aromatic carbocycles. The second-order valence-corrected chi connectivity index (χ2v) is 6.84. The first kappa shape index (κ1) is 19.1. The van der Waals surface area contributed by atoms with Gasteiger partial charge in [-0.05, 0) is 37.3 Å². The van der Waals surface area contributed by atoms with Crippen LogP contribution in [-0.4, -0.2) is 16.8 Å². The maximum Gasteiger partial charge on any atom is 0.256 e. The minimum absolute atomic E-state index is 0.316. The van der Waals surface area contributed by atoms with Crippen molar-refractivity contribution in [2.45, 2.75) is 6.92 Å². The highest BCUT2D eigenvalue weighted by Gasteiger charge is 2.17. The third-order valence-electron chi connectivity index (χ3n) is 4.65. The molecular weight excluding hydrogens is 378 g/mol. The topological polar surface area (TPSA) is 98.2 Å². The van der Waals surface area contributed by atoms with E-state index in [1.54, 1.807) is 42.6 Å². The highest BCUT2D eigenvalue weighted by atomic mass is 16.4. The third-order valence-corrected chi connectivity index (χ3v) is 4.65. The maximum atomic E-state index is 12.9. The molecule has 0 spiro atoms. The van der Waals surface area contributed by atoms with Gasteiger partial charge in [-0.15, -0.1) is 0 Å². The van der Waals surface area contributed by atoms with Gasteiger partial charge in [0.05, 0.1) is 11.8 Å². The van der Waals surface area contributed by atoms with Gasteiger partial charge in [0.25, 0.3) is 5.91 Å². The number of carbonyl (C=O) groups is 2. The molecule has 0 aliphatic heterocycles. The van der Waals surface area contributed by atoms with Crippen molar-refractivity contribution in [2.75, 3.05) is 5.32 Å². The summed E-state index contributed by atoms with van der Waals surface area (Å²) in [5, 5.41) is 2.79. The fraction of sp³-hybridized carbons (Fsp3) is 0.0417. The standard InChI is InChI=1S/C24H19N3O3/c1-15-9-11-16(12-10-15)21-14-26-24(30-21)20-8-3-2-7-19(20)23(29)27-18-6-4-5-17(13-18)22(25)28/h2-14H,1H3,(H2,25,28)(H,27,29). The second-order valence-electron chi connectivity index (χ2n) is 6.84. The van der Waals surface area contributed by atoms with Crippen LogP contribution in [0.3, 0.4) is 0 Å². The van der Waals surface area contributed by atoms with Gasteiger partial charge in [-0.2, -0.15) is 0 Å². The normalized spacial score (nSPS) is 10.6. The summed E-state index contributed by atoms with van der Waals surface area (Å²) in [7, 11) is 0. The smallest absolute Gasteiger partial charge is 0.256 e. The molecule has 0 fully saturated rings. The molecule has 0 saturated carbocycles. The predicted octanol–water partition coefficient (Wildman–Crippen LogP) is 4.67.